The molecule has 1 N–H and O–H groups in total. The van der Waals surface area contributed by atoms with Crippen molar-refractivity contribution in [1.29, 1.82) is 5.26 Å². The quantitative estimate of drug-likeness (QED) is 0.618. The first-order chi connectivity index (χ1) is 12.5. The van der Waals surface area contributed by atoms with Crippen molar-refractivity contribution < 1.29 is 14.3 Å². The number of amides is 1. The third-order valence-electron chi connectivity index (χ3n) is 5.08. The maximum Gasteiger partial charge on any atom is 0.414 e. The first-order valence-corrected chi connectivity index (χ1v) is 12.7. The maximum absolute atomic E-state index is 13.0. The molecule has 0 bridgehead atoms. The first kappa shape index (κ1) is 24.2. The molecule has 0 aromatic heterocycles. The molecule has 0 radical (unpaired) electrons. The van der Waals surface area contributed by atoms with Crippen molar-refractivity contribution in [3.05, 3.63) is 29.8 Å². The molecule has 0 aliphatic rings. The van der Waals surface area contributed by atoms with Gasteiger partial charge in [0, 0.05) is 12.2 Å². The predicted molar refractivity (Wildman–Crippen MR) is 117 cm³/mol. The molecule has 0 heterocycles. The normalized spacial score (nSPS) is 13.0. The van der Waals surface area contributed by atoms with Crippen LogP contribution in [-0.2, 0) is 4.74 Å². The van der Waals surface area contributed by atoms with Crippen molar-refractivity contribution in [1.82, 2.24) is 0 Å². The maximum atomic E-state index is 13.0. The summed E-state index contributed by atoms with van der Waals surface area (Å²) in [5.41, 5.74) is 0.382. The number of nitriles is 1. The Labute approximate surface area is 171 Å². The van der Waals surface area contributed by atoms with Gasteiger partial charge < -0.3 is 9.53 Å². The third-order valence-corrected chi connectivity index (χ3v) is 8.57. The molecule has 0 aliphatic carbocycles. The summed E-state index contributed by atoms with van der Waals surface area (Å²) in [6.07, 6.45) is 0.356. The Morgan fingerprint density at radius 1 is 1.11 bits per heavy atom. The van der Waals surface area contributed by atoms with Crippen LogP contribution in [0.4, 0.5) is 10.5 Å². The van der Waals surface area contributed by atoms with Gasteiger partial charge in [0.2, 0.25) is 0 Å². The van der Waals surface area contributed by atoms with Crippen molar-refractivity contribution in [2.24, 2.45) is 5.41 Å². The fourth-order valence-corrected chi connectivity index (χ4v) is 4.10. The lowest BCUT2D eigenvalue weighted by atomic mass is 9.82. The lowest BCUT2D eigenvalue weighted by molar-refractivity contribution is 0.0562. The molecule has 1 rings (SSSR count). The van der Waals surface area contributed by atoms with E-state index in [1.54, 1.807) is 29.2 Å². The van der Waals surface area contributed by atoms with Crippen molar-refractivity contribution in [3.8, 4) is 6.07 Å². The molecule has 0 saturated heterocycles. The topological polar surface area (TPSA) is 73.6 Å². The van der Waals surface area contributed by atoms with Crippen LogP contribution in [0.2, 0.25) is 18.1 Å². The number of rotatable bonds is 6. The summed E-state index contributed by atoms with van der Waals surface area (Å²) < 4.78 is 5.64. The summed E-state index contributed by atoms with van der Waals surface area (Å²) in [4.78, 5) is 25.3. The van der Waals surface area contributed by atoms with E-state index in [1.165, 1.54) is 0 Å². The average Bonchev–Trinajstić information content (AvgIpc) is 2.49. The van der Waals surface area contributed by atoms with Gasteiger partial charge in [-0.15, -0.1) is 0 Å². The molecule has 1 amide bonds. The number of hydrogen-bond donors (Lipinski definition) is 1. The fourth-order valence-electron chi connectivity index (χ4n) is 3.19. The van der Waals surface area contributed by atoms with Gasteiger partial charge in [0.05, 0.1) is 11.6 Å². The fraction of sp³-hybridized carbons (Fsp3) is 0.636. The summed E-state index contributed by atoms with van der Waals surface area (Å²) in [5.74, 6) is 0. The van der Waals surface area contributed by atoms with Crippen LogP contribution in [-0.4, -0.2) is 31.4 Å². The molecule has 0 fully saturated rings. The molecule has 28 heavy (non-hydrogen) atoms. The minimum atomic E-state index is -2.37. The van der Waals surface area contributed by atoms with E-state index in [9.17, 15) is 9.59 Å². The van der Waals surface area contributed by atoms with Crippen LogP contribution in [0.1, 0.15) is 60.5 Å². The number of nitrogens with zero attached hydrogens (tertiary/aromatic N) is 2. The van der Waals surface area contributed by atoms with Gasteiger partial charge >= 0.3 is 6.09 Å². The molecular weight excluding hydrogens is 368 g/mol. The molecule has 0 spiro atoms. The minimum Gasteiger partial charge on any atom is -0.443 e. The van der Waals surface area contributed by atoms with E-state index < -0.39 is 20.0 Å². The highest BCUT2D eigenvalue weighted by molar-refractivity contribution is 6.72. The Morgan fingerprint density at radius 3 is 2.00 bits per heavy atom. The van der Waals surface area contributed by atoms with Gasteiger partial charge in [0.15, 0.2) is 8.32 Å². The minimum absolute atomic E-state index is 0.208. The van der Waals surface area contributed by atoms with E-state index in [4.69, 9.17) is 10.00 Å². The Morgan fingerprint density at radius 2 is 1.61 bits per heavy atom. The predicted octanol–water partition coefficient (Wildman–Crippen LogP) is 5.69. The van der Waals surface area contributed by atoms with Gasteiger partial charge in [-0.25, -0.2) is 4.79 Å². The number of hydrogen-bond acceptors (Lipinski definition) is 4. The van der Waals surface area contributed by atoms with E-state index in [0.29, 0.717) is 17.8 Å². The second kappa shape index (κ2) is 8.26. The van der Waals surface area contributed by atoms with Crippen LogP contribution in [0, 0.1) is 16.7 Å². The van der Waals surface area contributed by atoms with Gasteiger partial charge in [0.1, 0.15) is 5.60 Å². The van der Waals surface area contributed by atoms with Gasteiger partial charge in [-0.1, -0.05) is 27.7 Å². The summed E-state index contributed by atoms with van der Waals surface area (Å²) >= 11 is 0. The number of carbonyl (C=O) groups is 1. The summed E-state index contributed by atoms with van der Waals surface area (Å²) in [7, 11) is -2.37. The average molecular weight is 405 g/mol. The highest BCUT2D eigenvalue weighted by Gasteiger charge is 2.43. The van der Waals surface area contributed by atoms with Crippen molar-refractivity contribution in [3.63, 3.8) is 0 Å². The van der Waals surface area contributed by atoms with Crippen molar-refractivity contribution >= 4 is 20.1 Å². The summed E-state index contributed by atoms with van der Waals surface area (Å²) in [6.45, 7) is 18.3. The molecule has 1 aromatic carbocycles. The van der Waals surface area contributed by atoms with Crippen LogP contribution in [0.3, 0.4) is 0 Å². The highest BCUT2D eigenvalue weighted by Crippen LogP contribution is 2.46. The standard InChI is InChI=1S/C22H36N2O3Si/c1-20(2,3)27-19(25)24(18-12-10-17(14-23)11-13-18)16-21(4,5)15-22(6,7)28(8,9)26/h10-13,26H,15-16H2,1-9H3. The highest BCUT2D eigenvalue weighted by atomic mass is 28.4. The third kappa shape index (κ3) is 6.96. The van der Waals surface area contributed by atoms with Crippen LogP contribution < -0.4 is 4.90 Å². The SMILES string of the molecule is CC(C)(CN(C(=O)OC(C)(C)C)c1ccc(C#N)cc1)CC(C)(C)[Si](C)(C)O. The first-order valence-electron chi connectivity index (χ1n) is 9.71. The number of carbonyl (C=O) groups excluding carboxylic acids is 1. The van der Waals surface area contributed by atoms with Crippen molar-refractivity contribution in [2.75, 3.05) is 11.4 Å². The van der Waals surface area contributed by atoms with Gasteiger partial charge in [0.25, 0.3) is 0 Å². The molecule has 1 aromatic rings. The Kier molecular flexibility index (Phi) is 7.14. The zero-order chi connectivity index (χ0) is 22.0. The van der Waals surface area contributed by atoms with E-state index >= 15 is 0 Å². The molecule has 156 valence electrons. The lowest BCUT2D eigenvalue weighted by Crippen LogP contribution is -2.46. The lowest BCUT2D eigenvalue weighted by Gasteiger charge is -2.43. The van der Waals surface area contributed by atoms with E-state index in [1.807, 2.05) is 33.9 Å². The van der Waals surface area contributed by atoms with Gasteiger partial charge in [-0.2, -0.15) is 5.26 Å². The van der Waals surface area contributed by atoms with Gasteiger partial charge in [-0.05, 0) is 75.0 Å². The zero-order valence-corrected chi connectivity index (χ0v) is 19.9. The molecule has 0 saturated carbocycles. The molecule has 0 aliphatic heterocycles. The number of benzene rings is 1. The molecule has 0 atom stereocenters. The van der Waals surface area contributed by atoms with Crippen LogP contribution in [0.5, 0.6) is 0 Å². The smallest absolute Gasteiger partial charge is 0.414 e. The number of anilines is 1. The molecule has 0 unspecified atom stereocenters. The second-order valence-electron chi connectivity index (χ2n) is 10.5. The van der Waals surface area contributed by atoms with Crippen LogP contribution >= 0.6 is 0 Å². The summed E-state index contributed by atoms with van der Waals surface area (Å²) in [5, 5.41) is 8.84. The molecular formula is C22H36N2O3Si. The largest absolute Gasteiger partial charge is 0.443 e. The molecule has 5 nitrogen and oxygen atoms in total. The van der Waals surface area contributed by atoms with E-state index in [0.717, 1.165) is 6.42 Å². The van der Waals surface area contributed by atoms with E-state index in [2.05, 4.69) is 33.8 Å². The van der Waals surface area contributed by atoms with Gasteiger partial charge in [-0.3, -0.25) is 4.90 Å². The monoisotopic (exact) mass is 404 g/mol. The van der Waals surface area contributed by atoms with Crippen LogP contribution in [0.25, 0.3) is 0 Å². The Bertz CT molecular complexity index is 720. The zero-order valence-electron chi connectivity index (χ0n) is 18.9. The van der Waals surface area contributed by atoms with Crippen molar-refractivity contribution in [2.45, 2.75) is 78.6 Å². The number of ether oxygens (including phenoxy) is 1. The Hall–Kier alpha value is -1.84. The van der Waals surface area contributed by atoms with Crippen LogP contribution in [0.15, 0.2) is 24.3 Å². The second-order valence-corrected chi connectivity index (χ2v) is 15.0. The summed E-state index contributed by atoms with van der Waals surface area (Å²) in [6, 6.07) is 9.05. The molecule has 6 heteroatoms. The Balaban J connectivity index is 3.20. The van der Waals surface area contributed by atoms with E-state index in [-0.39, 0.29) is 10.5 Å².